The van der Waals surface area contributed by atoms with Crippen molar-refractivity contribution in [3.8, 4) is 0 Å². The molecule has 0 bridgehead atoms. The fourth-order valence-electron chi connectivity index (χ4n) is 2.56. The van der Waals surface area contributed by atoms with E-state index in [1.54, 1.807) is 13.9 Å². The molecule has 1 rings (SSSR count). The van der Waals surface area contributed by atoms with Crippen molar-refractivity contribution in [2.45, 2.75) is 49.1 Å². The van der Waals surface area contributed by atoms with Crippen LogP contribution in [0.15, 0.2) is 29.2 Å². The number of hydrogen-bond acceptors (Lipinski definition) is 1. The van der Waals surface area contributed by atoms with Crippen molar-refractivity contribution < 1.29 is 0 Å². The lowest BCUT2D eigenvalue weighted by atomic mass is 10.4. The fraction of sp³-hybridized carbons (Fsp3) is 0.571. The average molecular weight is 314 g/mol. The van der Waals surface area contributed by atoms with Crippen LogP contribution in [-0.4, -0.2) is 27.3 Å². The highest BCUT2D eigenvalue weighted by Crippen LogP contribution is 2.36. The van der Waals surface area contributed by atoms with Gasteiger partial charge in [-0.15, -0.1) is 11.8 Å². The van der Waals surface area contributed by atoms with Crippen molar-refractivity contribution in [2.75, 3.05) is 6.26 Å². The molecule has 0 spiro atoms. The molecule has 0 N–H and O–H groups in total. The summed E-state index contributed by atoms with van der Waals surface area (Å²) < 4.78 is 0. The second-order valence-corrected chi connectivity index (χ2v) is 21.2. The Morgan fingerprint density at radius 3 is 1.89 bits per heavy atom. The maximum Gasteiger partial charge on any atom is 0.0169 e. The summed E-state index contributed by atoms with van der Waals surface area (Å²) in [4.78, 5) is 2.39. The highest BCUT2D eigenvalue weighted by Gasteiger charge is 2.29. The van der Waals surface area contributed by atoms with E-state index in [1.165, 1.54) is 4.90 Å². The van der Waals surface area contributed by atoms with Crippen LogP contribution in [0.25, 0.3) is 0 Å². The predicted octanol–water partition coefficient (Wildman–Crippen LogP) is 5.10. The fourth-order valence-corrected chi connectivity index (χ4v) is 18.5. The van der Waals surface area contributed by atoms with Crippen LogP contribution in [0.2, 0.25) is 39.3 Å². The minimum Gasteiger partial charge on any atom is -0.507 e. The van der Waals surface area contributed by atoms with E-state index in [-0.39, 0.29) is 0 Å². The standard InChI is InChI=1S/C14H26PSSi2/c1-16-13-11-9-8-10-12(13)15-14(17(2,3)4)18(5,6)7/h8-11,14H,1-7H3/q-1. The molecule has 0 aliphatic carbocycles. The Balaban J connectivity index is 3.05. The first-order chi connectivity index (χ1) is 8.16. The molecular weight excluding hydrogens is 287 g/mol. The summed E-state index contributed by atoms with van der Waals surface area (Å²) in [5, 5.41) is 1.54. The molecule has 0 atom stereocenters. The summed E-state index contributed by atoms with van der Waals surface area (Å²) in [6.45, 7) is 15.2. The van der Waals surface area contributed by atoms with Gasteiger partial charge in [0.05, 0.1) is 0 Å². The van der Waals surface area contributed by atoms with Crippen LogP contribution in [0.4, 0.5) is 0 Å². The molecule has 0 unspecified atom stereocenters. The highest BCUT2D eigenvalue weighted by molar-refractivity contribution is 7.99. The quantitative estimate of drug-likeness (QED) is 0.414. The molecule has 0 nitrogen and oxygen atoms in total. The highest BCUT2D eigenvalue weighted by atomic mass is 32.2. The molecule has 0 saturated carbocycles. The van der Waals surface area contributed by atoms with Crippen LogP contribution in [-0.2, 0) is 0 Å². The van der Waals surface area contributed by atoms with Gasteiger partial charge in [0.2, 0.25) is 0 Å². The van der Waals surface area contributed by atoms with Crippen LogP contribution < -0.4 is 5.30 Å². The molecule has 18 heavy (non-hydrogen) atoms. The van der Waals surface area contributed by atoms with Gasteiger partial charge in [-0.05, 0) is 11.2 Å². The van der Waals surface area contributed by atoms with Gasteiger partial charge in [-0.3, -0.25) is 0 Å². The third-order valence-electron chi connectivity index (χ3n) is 2.99. The largest absolute Gasteiger partial charge is 0.507 e. The summed E-state index contributed by atoms with van der Waals surface area (Å²) in [6.07, 6.45) is 2.19. The molecule has 0 heterocycles. The monoisotopic (exact) mass is 313 g/mol. The molecule has 0 fully saturated rings. The topological polar surface area (TPSA) is 0 Å². The van der Waals surface area contributed by atoms with E-state index in [0.717, 1.165) is 4.91 Å². The van der Waals surface area contributed by atoms with Crippen LogP contribution in [0.3, 0.4) is 0 Å². The second-order valence-electron chi connectivity index (χ2n) is 6.94. The van der Waals surface area contributed by atoms with Gasteiger partial charge >= 0.3 is 0 Å². The lowest BCUT2D eigenvalue weighted by Gasteiger charge is -2.49. The van der Waals surface area contributed by atoms with E-state index >= 15 is 0 Å². The van der Waals surface area contributed by atoms with E-state index in [4.69, 9.17) is 0 Å². The zero-order chi connectivity index (χ0) is 14.0. The van der Waals surface area contributed by atoms with Gasteiger partial charge in [0.1, 0.15) is 0 Å². The zero-order valence-corrected chi connectivity index (χ0v) is 16.5. The molecule has 1 aromatic carbocycles. The van der Waals surface area contributed by atoms with Crippen molar-refractivity contribution in [3.05, 3.63) is 24.3 Å². The number of rotatable bonds is 5. The summed E-state index contributed by atoms with van der Waals surface area (Å²) >= 11 is 1.88. The third-order valence-corrected chi connectivity index (χ3v) is 18.8. The molecule has 0 aliphatic heterocycles. The molecule has 1 aromatic rings. The normalized spacial score (nSPS) is 13.8. The molecule has 0 radical (unpaired) electrons. The van der Waals surface area contributed by atoms with Crippen molar-refractivity contribution >= 4 is 41.8 Å². The first-order valence-electron chi connectivity index (χ1n) is 6.50. The molecule has 0 aliphatic rings. The number of thioether (sulfide) groups is 1. The molecule has 0 amide bonds. The van der Waals surface area contributed by atoms with Crippen LogP contribution in [0.1, 0.15) is 0 Å². The molecular formula is C14H26PSSi2-. The molecule has 0 aromatic heterocycles. The Morgan fingerprint density at radius 1 is 0.944 bits per heavy atom. The summed E-state index contributed by atoms with van der Waals surface area (Å²) in [6, 6.07) is 8.93. The third kappa shape index (κ3) is 4.52. The van der Waals surface area contributed by atoms with Gasteiger partial charge < -0.3 is 8.58 Å². The first kappa shape index (κ1) is 16.5. The summed E-state index contributed by atoms with van der Waals surface area (Å²) in [7, 11) is -0.619. The minimum atomic E-state index is -1.10. The van der Waals surface area contributed by atoms with E-state index in [2.05, 4.69) is 69.8 Å². The lowest BCUT2D eigenvalue weighted by molar-refractivity contribution is 1.45. The summed E-state index contributed by atoms with van der Waals surface area (Å²) in [5.74, 6) is 0. The number of hydrogen-bond donors (Lipinski definition) is 0. The van der Waals surface area contributed by atoms with Crippen molar-refractivity contribution in [2.24, 2.45) is 0 Å². The Hall–Kier alpha value is 0.434. The zero-order valence-electron chi connectivity index (χ0n) is 12.7. The molecule has 0 saturated heterocycles. The van der Waals surface area contributed by atoms with Crippen molar-refractivity contribution in [1.82, 2.24) is 0 Å². The van der Waals surface area contributed by atoms with E-state index in [0.29, 0.717) is 0 Å². The SMILES string of the molecule is CSc1ccccc1[P-]C([Si](C)(C)C)[Si](C)(C)C. The average Bonchev–Trinajstić information content (AvgIpc) is 2.23. The van der Waals surface area contributed by atoms with E-state index < -0.39 is 16.1 Å². The summed E-state index contributed by atoms with van der Waals surface area (Å²) in [5.41, 5.74) is 0. The smallest absolute Gasteiger partial charge is 0.0169 e. The predicted molar refractivity (Wildman–Crippen MR) is 95.3 cm³/mol. The van der Waals surface area contributed by atoms with Gasteiger partial charge in [-0.25, -0.2) is 0 Å². The number of benzene rings is 1. The van der Waals surface area contributed by atoms with Crippen LogP contribution >= 0.6 is 20.3 Å². The maximum absolute atomic E-state index is 2.53. The minimum absolute atomic E-state index is 0.929. The first-order valence-corrected chi connectivity index (χ1v) is 15.8. The van der Waals surface area contributed by atoms with Gasteiger partial charge in [-0.1, -0.05) is 63.5 Å². The van der Waals surface area contributed by atoms with Gasteiger partial charge in [-0.2, -0.15) is 10.2 Å². The molecule has 102 valence electrons. The molecule has 4 heteroatoms. The lowest BCUT2D eigenvalue weighted by Crippen LogP contribution is -2.51. The van der Waals surface area contributed by atoms with E-state index in [9.17, 15) is 0 Å². The van der Waals surface area contributed by atoms with E-state index in [1.807, 2.05) is 11.8 Å². The Morgan fingerprint density at radius 2 is 1.44 bits per heavy atom. The van der Waals surface area contributed by atoms with Crippen LogP contribution in [0.5, 0.6) is 0 Å². The Kier molecular flexibility index (Phi) is 5.73. The van der Waals surface area contributed by atoms with Crippen molar-refractivity contribution in [3.63, 3.8) is 0 Å². The Bertz CT molecular complexity index is 380. The van der Waals surface area contributed by atoms with Gasteiger partial charge in [0.15, 0.2) is 0 Å². The van der Waals surface area contributed by atoms with Crippen LogP contribution in [0, 0.1) is 0 Å². The van der Waals surface area contributed by atoms with Gasteiger partial charge in [0, 0.05) is 16.1 Å². The van der Waals surface area contributed by atoms with Gasteiger partial charge in [0.25, 0.3) is 0 Å². The maximum atomic E-state index is 2.53. The van der Waals surface area contributed by atoms with Crippen molar-refractivity contribution in [1.29, 1.82) is 0 Å². The Labute approximate surface area is 121 Å². The second kappa shape index (κ2) is 6.26.